The lowest BCUT2D eigenvalue weighted by Crippen LogP contribution is -2.02. The van der Waals surface area contributed by atoms with Crippen molar-refractivity contribution in [3.05, 3.63) is 17.5 Å². The van der Waals surface area contributed by atoms with Crippen molar-refractivity contribution >= 4 is 11.6 Å². The zero-order chi connectivity index (χ0) is 10.4. The molecular weight excluding hydrogens is 196 g/mol. The Balaban J connectivity index is 2.59. The fourth-order valence-electron chi connectivity index (χ4n) is 1.56. The first kappa shape index (κ1) is 11.6. The van der Waals surface area contributed by atoms with Gasteiger partial charge < -0.3 is 0 Å². The Morgan fingerprint density at radius 1 is 1.36 bits per heavy atom. The van der Waals surface area contributed by atoms with Gasteiger partial charge in [0, 0.05) is 18.1 Å². The number of halogens is 1. The number of unbranched alkanes of at least 4 members (excludes halogenated alkanes) is 1. The minimum atomic E-state index is 0.765. The molecule has 0 aromatic carbocycles. The van der Waals surface area contributed by atoms with Crippen LogP contribution in [0, 0.1) is 0 Å². The van der Waals surface area contributed by atoms with Gasteiger partial charge in [-0.3, -0.25) is 4.68 Å². The molecule has 0 aliphatic carbocycles. The molecule has 3 heteroatoms. The van der Waals surface area contributed by atoms with E-state index in [1.54, 1.807) is 0 Å². The van der Waals surface area contributed by atoms with E-state index < -0.39 is 0 Å². The highest BCUT2D eigenvalue weighted by Crippen LogP contribution is 2.09. The van der Waals surface area contributed by atoms with Crippen molar-refractivity contribution in [2.45, 2.75) is 46.1 Å². The SMILES string of the molecule is CCc1cc(CCCCCl)n(CC)n1. The van der Waals surface area contributed by atoms with Gasteiger partial charge in [-0.25, -0.2) is 0 Å². The molecule has 0 atom stereocenters. The maximum atomic E-state index is 5.65. The molecule has 1 aromatic rings. The van der Waals surface area contributed by atoms with Crippen molar-refractivity contribution in [3.63, 3.8) is 0 Å². The van der Waals surface area contributed by atoms with Crippen molar-refractivity contribution in [1.82, 2.24) is 9.78 Å². The molecule has 0 aliphatic heterocycles. The maximum absolute atomic E-state index is 5.65. The maximum Gasteiger partial charge on any atom is 0.0624 e. The first-order valence-corrected chi connectivity index (χ1v) is 5.96. The fourth-order valence-corrected chi connectivity index (χ4v) is 1.75. The summed E-state index contributed by atoms with van der Waals surface area (Å²) in [4.78, 5) is 0. The predicted molar refractivity (Wildman–Crippen MR) is 60.9 cm³/mol. The van der Waals surface area contributed by atoms with Gasteiger partial charge in [0.15, 0.2) is 0 Å². The van der Waals surface area contributed by atoms with Gasteiger partial charge in [-0.05, 0) is 38.7 Å². The Morgan fingerprint density at radius 2 is 2.14 bits per heavy atom. The lowest BCUT2D eigenvalue weighted by atomic mass is 10.2. The van der Waals surface area contributed by atoms with Crippen LogP contribution in [0.15, 0.2) is 6.07 Å². The molecule has 0 fully saturated rings. The molecule has 0 aliphatic rings. The molecule has 0 saturated heterocycles. The van der Waals surface area contributed by atoms with Crippen molar-refractivity contribution in [2.24, 2.45) is 0 Å². The number of alkyl halides is 1. The lowest BCUT2D eigenvalue weighted by Gasteiger charge is -2.02. The smallest absolute Gasteiger partial charge is 0.0624 e. The van der Waals surface area contributed by atoms with Gasteiger partial charge in [0.25, 0.3) is 0 Å². The van der Waals surface area contributed by atoms with Gasteiger partial charge in [0.2, 0.25) is 0 Å². The summed E-state index contributed by atoms with van der Waals surface area (Å²) in [7, 11) is 0. The fraction of sp³-hybridized carbons (Fsp3) is 0.727. The first-order valence-electron chi connectivity index (χ1n) is 5.43. The molecule has 1 rings (SSSR count). The van der Waals surface area contributed by atoms with Crippen LogP contribution in [-0.4, -0.2) is 15.7 Å². The molecule has 0 bridgehead atoms. The Morgan fingerprint density at radius 3 is 2.71 bits per heavy atom. The van der Waals surface area contributed by atoms with Gasteiger partial charge in [0.05, 0.1) is 5.69 Å². The Hall–Kier alpha value is -0.500. The Kier molecular flexibility index (Phi) is 5.02. The third-order valence-corrected chi connectivity index (χ3v) is 2.66. The summed E-state index contributed by atoms with van der Waals surface area (Å²) < 4.78 is 2.10. The molecular formula is C11H19ClN2. The minimum absolute atomic E-state index is 0.765. The Labute approximate surface area is 91.3 Å². The second-order valence-electron chi connectivity index (χ2n) is 3.44. The number of aryl methyl sites for hydroxylation is 3. The summed E-state index contributed by atoms with van der Waals surface area (Å²) in [6.07, 6.45) is 4.39. The van der Waals surface area contributed by atoms with Crippen molar-refractivity contribution in [2.75, 3.05) is 5.88 Å². The van der Waals surface area contributed by atoms with Crippen LogP contribution in [0.2, 0.25) is 0 Å². The first-order chi connectivity index (χ1) is 6.81. The molecule has 80 valence electrons. The van der Waals surface area contributed by atoms with Gasteiger partial charge in [-0.2, -0.15) is 5.10 Å². The van der Waals surface area contributed by atoms with Crippen LogP contribution in [-0.2, 0) is 19.4 Å². The summed E-state index contributed by atoms with van der Waals surface area (Å²) in [5, 5.41) is 4.51. The molecule has 0 N–H and O–H groups in total. The van der Waals surface area contributed by atoms with Crippen LogP contribution in [0.25, 0.3) is 0 Å². The molecule has 0 unspecified atom stereocenters. The average molecular weight is 215 g/mol. The van der Waals surface area contributed by atoms with E-state index in [2.05, 4.69) is 29.7 Å². The second-order valence-corrected chi connectivity index (χ2v) is 3.82. The topological polar surface area (TPSA) is 17.8 Å². The molecule has 0 saturated carbocycles. The van der Waals surface area contributed by atoms with Gasteiger partial charge in [0.1, 0.15) is 0 Å². The zero-order valence-electron chi connectivity index (χ0n) is 9.09. The molecule has 1 heterocycles. The highest BCUT2D eigenvalue weighted by Gasteiger charge is 2.04. The molecule has 0 amide bonds. The number of hydrogen-bond acceptors (Lipinski definition) is 1. The molecule has 1 aromatic heterocycles. The highest BCUT2D eigenvalue weighted by molar-refractivity contribution is 6.17. The summed E-state index contributed by atoms with van der Waals surface area (Å²) in [6.45, 7) is 5.25. The predicted octanol–water partition coefficient (Wildman–Crippen LogP) is 3.03. The van der Waals surface area contributed by atoms with Crippen LogP contribution in [0.4, 0.5) is 0 Å². The second kappa shape index (κ2) is 6.07. The average Bonchev–Trinajstić information content (AvgIpc) is 2.61. The standard InChI is InChI=1S/C11H19ClN2/c1-3-10-9-11(7-5-6-8-12)14(4-2)13-10/h9H,3-8H2,1-2H3. The minimum Gasteiger partial charge on any atom is -0.270 e. The summed E-state index contributed by atoms with van der Waals surface area (Å²) in [5.41, 5.74) is 2.56. The van der Waals surface area contributed by atoms with E-state index >= 15 is 0 Å². The molecule has 0 spiro atoms. The summed E-state index contributed by atoms with van der Waals surface area (Å²) in [5.74, 6) is 0.765. The lowest BCUT2D eigenvalue weighted by molar-refractivity contribution is 0.601. The molecule has 0 radical (unpaired) electrons. The summed E-state index contributed by atoms with van der Waals surface area (Å²) in [6, 6.07) is 2.22. The van der Waals surface area contributed by atoms with E-state index in [4.69, 9.17) is 11.6 Å². The van der Waals surface area contributed by atoms with Crippen LogP contribution in [0.3, 0.4) is 0 Å². The molecule has 14 heavy (non-hydrogen) atoms. The zero-order valence-corrected chi connectivity index (χ0v) is 9.85. The van der Waals surface area contributed by atoms with Crippen LogP contribution in [0.5, 0.6) is 0 Å². The van der Waals surface area contributed by atoms with E-state index in [0.29, 0.717) is 0 Å². The largest absolute Gasteiger partial charge is 0.270 e. The third-order valence-electron chi connectivity index (χ3n) is 2.39. The van der Waals surface area contributed by atoms with Gasteiger partial charge in [-0.1, -0.05) is 6.92 Å². The van der Waals surface area contributed by atoms with Crippen molar-refractivity contribution in [1.29, 1.82) is 0 Å². The number of aromatic nitrogens is 2. The summed E-state index contributed by atoms with van der Waals surface area (Å²) >= 11 is 5.65. The number of rotatable bonds is 6. The van der Waals surface area contributed by atoms with Gasteiger partial charge in [-0.15, -0.1) is 11.6 Å². The van der Waals surface area contributed by atoms with Crippen molar-refractivity contribution < 1.29 is 0 Å². The van der Waals surface area contributed by atoms with Crippen molar-refractivity contribution in [3.8, 4) is 0 Å². The van der Waals surface area contributed by atoms with Crippen LogP contribution >= 0.6 is 11.6 Å². The highest BCUT2D eigenvalue weighted by atomic mass is 35.5. The number of nitrogens with zero attached hydrogens (tertiary/aromatic N) is 2. The van der Waals surface area contributed by atoms with E-state index in [1.807, 2.05) is 0 Å². The van der Waals surface area contributed by atoms with E-state index in [-0.39, 0.29) is 0 Å². The quantitative estimate of drug-likeness (QED) is 0.526. The monoisotopic (exact) mass is 214 g/mol. The van der Waals surface area contributed by atoms with Gasteiger partial charge >= 0.3 is 0 Å². The van der Waals surface area contributed by atoms with E-state index in [9.17, 15) is 0 Å². The molecule has 2 nitrogen and oxygen atoms in total. The number of hydrogen-bond donors (Lipinski definition) is 0. The normalized spacial score (nSPS) is 10.8. The van der Waals surface area contributed by atoms with E-state index in [0.717, 1.165) is 31.7 Å². The Bertz CT molecular complexity index is 268. The third kappa shape index (κ3) is 3.02. The van der Waals surface area contributed by atoms with E-state index in [1.165, 1.54) is 17.8 Å². The van der Waals surface area contributed by atoms with Crippen LogP contribution in [0.1, 0.15) is 38.1 Å². The van der Waals surface area contributed by atoms with Crippen LogP contribution < -0.4 is 0 Å².